The van der Waals surface area contributed by atoms with Crippen LogP contribution < -0.4 is 5.32 Å². The van der Waals surface area contributed by atoms with Crippen LogP contribution >= 0.6 is 0 Å². The summed E-state index contributed by atoms with van der Waals surface area (Å²) >= 11 is 0. The van der Waals surface area contributed by atoms with Crippen LogP contribution in [0, 0.1) is 5.92 Å². The molecule has 2 aromatic rings. The van der Waals surface area contributed by atoms with Gasteiger partial charge < -0.3 is 10.1 Å². The minimum atomic E-state index is -0.672. The molecule has 0 saturated carbocycles. The molecule has 1 aromatic heterocycles. The van der Waals surface area contributed by atoms with Gasteiger partial charge in [0.15, 0.2) is 12.3 Å². The van der Waals surface area contributed by atoms with Crippen LogP contribution in [-0.4, -0.2) is 28.5 Å². The van der Waals surface area contributed by atoms with Crippen molar-refractivity contribution in [2.75, 3.05) is 6.61 Å². The van der Waals surface area contributed by atoms with E-state index in [4.69, 9.17) is 4.74 Å². The van der Waals surface area contributed by atoms with Gasteiger partial charge in [0.2, 0.25) is 0 Å². The van der Waals surface area contributed by atoms with Gasteiger partial charge >= 0.3 is 5.97 Å². The second-order valence-electron chi connectivity index (χ2n) is 6.30. The van der Waals surface area contributed by atoms with E-state index < -0.39 is 5.97 Å². The van der Waals surface area contributed by atoms with Crippen molar-refractivity contribution in [3.8, 4) is 0 Å². The molecule has 1 heterocycles. The summed E-state index contributed by atoms with van der Waals surface area (Å²) in [4.78, 5) is 31.3. The van der Waals surface area contributed by atoms with Gasteiger partial charge in [0, 0.05) is 12.4 Å². The van der Waals surface area contributed by atoms with Crippen molar-refractivity contribution in [2.45, 2.75) is 33.2 Å². The van der Waals surface area contributed by atoms with Gasteiger partial charge in [-0.15, -0.1) is 0 Å². The van der Waals surface area contributed by atoms with Gasteiger partial charge in [-0.2, -0.15) is 0 Å². The first-order valence-corrected chi connectivity index (χ1v) is 8.27. The maximum atomic E-state index is 12.0. The molecular formula is C19H23N3O3. The standard InChI is InChI=1S/C19H23N3O3/c1-13(2)10-15-4-6-16(7-5-15)14(3)22-18(23)12-25-19(24)17-11-20-8-9-21-17/h4-9,11,13-14H,10,12H2,1-3H3,(H,22,23)/t14-/m1/s1. The Morgan fingerprint density at radius 3 is 2.44 bits per heavy atom. The van der Waals surface area contributed by atoms with Crippen molar-refractivity contribution < 1.29 is 14.3 Å². The zero-order chi connectivity index (χ0) is 18.2. The van der Waals surface area contributed by atoms with Crippen molar-refractivity contribution in [2.24, 2.45) is 5.92 Å². The molecule has 0 bridgehead atoms. The Labute approximate surface area is 147 Å². The van der Waals surface area contributed by atoms with E-state index in [2.05, 4.69) is 41.3 Å². The van der Waals surface area contributed by atoms with E-state index in [1.807, 2.05) is 19.1 Å². The van der Waals surface area contributed by atoms with Gasteiger partial charge in [0.1, 0.15) is 0 Å². The molecule has 0 spiro atoms. The molecule has 0 unspecified atom stereocenters. The van der Waals surface area contributed by atoms with Crippen LogP contribution in [0.3, 0.4) is 0 Å². The SMILES string of the molecule is CC(C)Cc1ccc([C@@H](C)NC(=O)COC(=O)c2cnccn2)cc1. The van der Waals surface area contributed by atoms with Crippen molar-refractivity contribution in [3.63, 3.8) is 0 Å². The molecule has 1 N–H and O–H groups in total. The third kappa shape index (κ3) is 5.99. The van der Waals surface area contributed by atoms with Gasteiger partial charge in [-0.05, 0) is 30.4 Å². The molecule has 2 rings (SSSR count). The Balaban J connectivity index is 1.82. The van der Waals surface area contributed by atoms with Crippen molar-refractivity contribution >= 4 is 11.9 Å². The molecule has 132 valence electrons. The lowest BCUT2D eigenvalue weighted by molar-refractivity contribution is -0.124. The number of carbonyl (C=O) groups is 2. The normalized spacial score (nSPS) is 11.8. The van der Waals surface area contributed by atoms with Crippen LogP contribution in [0.5, 0.6) is 0 Å². The lowest BCUT2D eigenvalue weighted by atomic mass is 10.00. The highest BCUT2D eigenvalue weighted by atomic mass is 16.5. The number of esters is 1. The number of amides is 1. The van der Waals surface area contributed by atoms with E-state index in [0.29, 0.717) is 5.92 Å². The highest BCUT2D eigenvalue weighted by molar-refractivity contribution is 5.89. The van der Waals surface area contributed by atoms with Crippen molar-refractivity contribution in [1.29, 1.82) is 0 Å². The molecule has 0 aliphatic carbocycles. The Morgan fingerprint density at radius 1 is 1.12 bits per heavy atom. The molecule has 1 atom stereocenters. The van der Waals surface area contributed by atoms with Crippen LogP contribution in [-0.2, 0) is 16.0 Å². The number of benzene rings is 1. The quantitative estimate of drug-likeness (QED) is 0.783. The summed E-state index contributed by atoms with van der Waals surface area (Å²) in [6.07, 6.45) is 5.17. The van der Waals surface area contributed by atoms with Gasteiger partial charge in [-0.25, -0.2) is 9.78 Å². The number of hydrogen-bond donors (Lipinski definition) is 1. The maximum absolute atomic E-state index is 12.0. The zero-order valence-corrected chi connectivity index (χ0v) is 14.7. The fourth-order valence-corrected chi connectivity index (χ4v) is 2.39. The summed E-state index contributed by atoms with van der Waals surface area (Å²) in [6.45, 7) is 5.89. The molecule has 0 saturated heterocycles. The Kier molecular flexibility index (Phi) is 6.62. The summed E-state index contributed by atoms with van der Waals surface area (Å²) in [5, 5.41) is 2.81. The second-order valence-corrected chi connectivity index (χ2v) is 6.30. The summed E-state index contributed by atoms with van der Waals surface area (Å²) < 4.78 is 4.94. The largest absolute Gasteiger partial charge is 0.451 e. The van der Waals surface area contributed by atoms with E-state index >= 15 is 0 Å². The van der Waals surface area contributed by atoms with E-state index in [1.165, 1.54) is 24.2 Å². The average Bonchev–Trinajstić information content (AvgIpc) is 2.60. The number of rotatable bonds is 7. The minimum absolute atomic E-state index is 0.0732. The monoisotopic (exact) mass is 341 g/mol. The van der Waals surface area contributed by atoms with Crippen LogP contribution in [0.4, 0.5) is 0 Å². The predicted octanol–water partition coefficient (Wildman–Crippen LogP) is 2.71. The Hall–Kier alpha value is -2.76. The summed E-state index contributed by atoms with van der Waals surface area (Å²) in [7, 11) is 0. The molecule has 0 aliphatic heterocycles. The molecule has 6 heteroatoms. The molecule has 0 aliphatic rings. The molecule has 0 radical (unpaired) electrons. The second kappa shape index (κ2) is 8.92. The molecule has 1 aromatic carbocycles. The van der Waals surface area contributed by atoms with Crippen molar-refractivity contribution in [1.82, 2.24) is 15.3 Å². The van der Waals surface area contributed by atoms with Gasteiger partial charge in [-0.3, -0.25) is 9.78 Å². The topological polar surface area (TPSA) is 81.2 Å². The summed E-state index contributed by atoms with van der Waals surface area (Å²) in [5.74, 6) is -0.433. The molecule has 0 fully saturated rings. The lowest BCUT2D eigenvalue weighted by Crippen LogP contribution is -2.31. The van der Waals surface area contributed by atoms with E-state index in [0.717, 1.165) is 12.0 Å². The predicted molar refractivity (Wildman–Crippen MR) is 93.9 cm³/mol. The summed E-state index contributed by atoms with van der Waals surface area (Å²) in [6, 6.07) is 8.00. The smallest absolute Gasteiger partial charge is 0.359 e. The zero-order valence-electron chi connectivity index (χ0n) is 14.7. The Bertz CT molecular complexity index is 700. The Morgan fingerprint density at radius 2 is 1.84 bits per heavy atom. The molecule has 25 heavy (non-hydrogen) atoms. The first kappa shape index (κ1) is 18.6. The maximum Gasteiger partial charge on any atom is 0.359 e. The molecule has 6 nitrogen and oxygen atoms in total. The van der Waals surface area contributed by atoms with E-state index in [1.54, 1.807) is 0 Å². The number of nitrogens with zero attached hydrogens (tertiary/aromatic N) is 2. The molecule has 1 amide bonds. The van der Waals surface area contributed by atoms with E-state index in [-0.39, 0.29) is 24.2 Å². The lowest BCUT2D eigenvalue weighted by Gasteiger charge is -2.15. The van der Waals surface area contributed by atoms with Crippen LogP contribution in [0.15, 0.2) is 42.9 Å². The summed E-state index contributed by atoms with van der Waals surface area (Å²) in [5.41, 5.74) is 2.35. The third-order valence-corrected chi connectivity index (χ3v) is 3.61. The van der Waals surface area contributed by atoms with E-state index in [9.17, 15) is 9.59 Å². The number of hydrogen-bond acceptors (Lipinski definition) is 5. The van der Waals surface area contributed by atoms with Crippen molar-refractivity contribution in [3.05, 3.63) is 59.7 Å². The number of carbonyl (C=O) groups excluding carboxylic acids is 2. The first-order valence-electron chi connectivity index (χ1n) is 8.27. The van der Waals surface area contributed by atoms with Gasteiger partial charge in [0.05, 0.1) is 12.2 Å². The van der Waals surface area contributed by atoms with Gasteiger partial charge in [-0.1, -0.05) is 38.1 Å². The first-order chi connectivity index (χ1) is 12.0. The fraction of sp³-hybridized carbons (Fsp3) is 0.368. The number of nitrogens with one attached hydrogen (secondary N) is 1. The average molecular weight is 341 g/mol. The van der Waals surface area contributed by atoms with Gasteiger partial charge in [0.25, 0.3) is 5.91 Å². The highest BCUT2D eigenvalue weighted by Gasteiger charge is 2.14. The minimum Gasteiger partial charge on any atom is -0.451 e. The van der Waals surface area contributed by atoms with Crippen LogP contribution in [0.25, 0.3) is 0 Å². The third-order valence-electron chi connectivity index (χ3n) is 3.61. The highest BCUT2D eigenvalue weighted by Crippen LogP contribution is 2.15. The fourth-order valence-electron chi connectivity index (χ4n) is 2.39. The van der Waals surface area contributed by atoms with Crippen LogP contribution in [0.2, 0.25) is 0 Å². The molecular weight excluding hydrogens is 318 g/mol. The number of aromatic nitrogens is 2. The van der Waals surface area contributed by atoms with Crippen LogP contribution in [0.1, 0.15) is 48.4 Å². The number of ether oxygens (including phenoxy) is 1.